The highest BCUT2D eigenvalue weighted by Gasteiger charge is 2.40. The quantitative estimate of drug-likeness (QED) is 0.624. The van der Waals surface area contributed by atoms with Gasteiger partial charge < -0.3 is 4.90 Å². The van der Waals surface area contributed by atoms with E-state index >= 15 is 0 Å². The molecule has 1 amide bonds. The summed E-state index contributed by atoms with van der Waals surface area (Å²) in [5, 5.41) is -0.139. The Kier molecular flexibility index (Phi) is 2.12. The summed E-state index contributed by atoms with van der Waals surface area (Å²) in [4.78, 5) is 13.1. The van der Waals surface area contributed by atoms with Gasteiger partial charge in [0, 0.05) is 19.0 Å². The third-order valence-corrected chi connectivity index (χ3v) is 3.97. The van der Waals surface area contributed by atoms with E-state index in [0.717, 1.165) is 12.8 Å². The van der Waals surface area contributed by atoms with Crippen LogP contribution in [0.25, 0.3) is 0 Å². The molecule has 2 fully saturated rings. The first kappa shape index (κ1) is 8.51. The fraction of sp³-hybridized carbons (Fsp3) is 0.857. The minimum absolute atomic E-state index is 0.122. The van der Waals surface area contributed by atoms with E-state index in [4.69, 9.17) is 10.7 Å². The van der Waals surface area contributed by atoms with Crippen LogP contribution in [0.1, 0.15) is 19.3 Å². The molecule has 2 aliphatic rings. The van der Waals surface area contributed by atoms with Gasteiger partial charge in [0.15, 0.2) is 0 Å². The number of carbonyl (C=O) groups excluding carboxylic acids is 1. The monoisotopic (exact) mass is 207 g/mol. The van der Waals surface area contributed by atoms with Gasteiger partial charge >= 0.3 is 0 Å². The molecular formula is C7H10ClNO2S. The molecule has 0 N–H and O–H groups in total. The first-order valence-electron chi connectivity index (χ1n) is 4.05. The number of halogens is 1. The van der Waals surface area contributed by atoms with E-state index in [-0.39, 0.29) is 11.2 Å². The summed E-state index contributed by atoms with van der Waals surface area (Å²) < 4.78 is 10.9. The lowest BCUT2D eigenvalue weighted by molar-refractivity contribution is -0.128. The van der Waals surface area contributed by atoms with Crippen LogP contribution in [0.2, 0.25) is 0 Å². The van der Waals surface area contributed by atoms with Gasteiger partial charge in [-0.3, -0.25) is 4.79 Å². The van der Waals surface area contributed by atoms with Crippen molar-refractivity contribution in [3.8, 4) is 0 Å². The van der Waals surface area contributed by atoms with Gasteiger partial charge in [0.25, 0.3) is 0 Å². The molecule has 0 spiro atoms. The zero-order chi connectivity index (χ0) is 8.72. The summed E-state index contributed by atoms with van der Waals surface area (Å²) >= 11 is 0. The molecule has 1 saturated heterocycles. The van der Waals surface area contributed by atoms with Crippen LogP contribution in [0.5, 0.6) is 0 Å². The number of likely N-dealkylation sites (tertiary alicyclic amines) is 1. The molecule has 1 saturated carbocycles. The van der Waals surface area contributed by atoms with E-state index in [1.807, 2.05) is 4.90 Å². The number of hydrogen-bond acceptors (Lipinski definition) is 2. The summed E-state index contributed by atoms with van der Waals surface area (Å²) in [6.07, 6.45) is 2.58. The van der Waals surface area contributed by atoms with Crippen LogP contribution in [0.15, 0.2) is 0 Å². The normalized spacial score (nSPS) is 32.6. The van der Waals surface area contributed by atoms with E-state index in [1.165, 1.54) is 0 Å². The van der Waals surface area contributed by atoms with E-state index in [2.05, 4.69) is 0 Å². The molecule has 1 aliphatic heterocycles. The van der Waals surface area contributed by atoms with Crippen molar-refractivity contribution in [3.63, 3.8) is 0 Å². The van der Waals surface area contributed by atoms with Crippen LogP contribution >= 0.6 is 10.7 Å². The summed E-state index contributed by atoms with van der Waals surface area (Å²) in [5.41, 5.74) is 0. The second-order valence-electron chi connectivity index (χ2n) is 3.35. The molecule has 0 bridgehead atoms. The molecule has 0 aromatic carbocycles. The molecule has 2 atom stereocenters. The molecule has 3 nitrogen and oxygen atoms in total. The van der Waals surface area contributed by atoms with Crippen LogP contribution in [0, 0.1) is 0 Å². The highest BCUT2D eigenvalue weighted by Crippen LogP contribution is 2.32. The van der Waals surface area contributed by atoms with Crippen molar-refractivity contribution in [1.82, 2.24) is 4.90 Å². The molecule has 0 aromatic rings. The first-order valence-corrected chi connectivity index (χ1v) is 6.08. The Morgan fingerprint density at radius 1 is 1.50 bits per heavy atom. The Morgan fingerprint density at radius 3 is 2.58 bits per heavy atom. The molecule has 5 heteroatoms. The lowest BCUT2D eigenvalue weighted by Crippen LogP contribution is -2.28. The Hall–Kier alpha value is -0.0900. The average molecular weight is 208 g/mol. The number of hydrogen-bond donors (Lipinski definition) is 0. The van der Waals surface area contributed by atoms with Gasteiger partial charge in [-0.2, -0.15) is 0 Å². The maximum absolute atomic E-state index is 11.3. The zero-order valence-corrected chi connectivity index (χ0v) is 8.11. The highest BCUT2D eigenvalue weighted by atomic mass is 35.7. The molecule has 1 aliphatic carbocycles. The predicted molar refractivity (Wildman–Crippen MR) is 47.1 cm³/mol. The van der Waals surface area contributed by atoms with Crippen LogP contribution in [0.4, 0.5) is 0 Å². The number of rotatable bonds is 2. The lowest BCUT2D eigenvalue weighted by atomic mass is 10.4. The molecule has 68 valence electrons. The van der Waals surface area contributed by atoms with E-state index < -0.39 is 10.0 Å². The molecular weight excluding hydrogens is 198 g/mol. The number of amides is 1. The molecule has 0 radical (unpaired) electrons. The van der Waals surface area contributed by atoms with Crippen molar-refractivity contribution in [2.45, 2.75) is 30.6 Å². The van der Waals surface area contributed by atoms with Gasteiger partial charge in [-0.15, -0.1) is 0 Å². The predicted octanol–water partition coefficient (Wildman–Crippen LogP) is 0.652. The third kappa shape index (κ3) is 1.50. The van der Waals surface area contributed by atoms with E-state index in [0.29, 0.717) is 19.0 Å². The van der Waals surface area contributed by atoms with Crippen molar-refractivity contribution in [1.29, 1.82) is 0 Å². The largest absolute Gasteiger partial charge is 0.338 e. The maximum Gasteiger partial charge on any atom is 0.224 e. The highest BCUT2D eigenvalue weighted by molar-refractivity contribution is 8.08. The summed E-state index contributed by atoms with van der Waals surface area (Å²) in [6, 6.07) is 0.433. The van der Waals surface area contributed by atoms with E-state index in [9.17, 15) is 9.00 Å². The van der Waals surface area contributed by atoms with Crippen LogP contribution in [0.3, 0.4) is 0 Å². The van der Waals surface area contributed by atoms with Gasteiger partial charge in [-0.25, -0.2) is 4.21 Å². The number of carbonyl (C=O) groups is 1. The molecule has 2 rings (SSSR count). The fourth-order valence-electron chi connectivity index (χ4n) is 1.56. The molecule has 12 heavy (non-hydrogen) atoms. The summed E-state index contributed by atoms with van der Waals surface area (Å²) in [5.74, 6) is 0.122. The summed E-state index contributed by atoms with van der Waals surface area (Å²) in [6.45, 7) is 0.597. The smallest absolute Gasteiger partial charge is 0.224 e. The average Bonchev–Trinajstić information content (AvgIpc) is 2.75. The van der Waals surface area contributed by atoms with Gasteiger partial charge in [0.2, 0.25) is 5.91 Å². The zero-order valence-electron chi connectivity index (χ0n) is 6.53. The topological polar surface area (TPSA) is 37.4 Å². The Morgan fingerprint density at radius 2 is 2.17 bits per heavy atom. The van der Waals surface area contributed by atoms with Gasteiger partial charge in [-0.05, 0) is 23.5 Å². The Labute approximate surface area is 78.0 Å². The molecule has 1 heterocycles. The maximum atomic E-state index is 11.3. The van der Waals surface area contributed by atoms with Crippen molar-refractivity contribution in [2.75, 3.05) is 6.54 Å². The molecule has 2 unspecified atom stereocenters. The van der Waals surface area contributed by atoms with Gasteiger partial charge in [-0.1, -0.05) is 0 Å². The third-order valence-electron chi connectivity index (χ3n) is 2.37. The second-order valence-corrected chi connectivity index (χ2v) is 5.43. The first-order chi connectivity index (χ1) is 5.68. The SMILES string of the molecule is O=C1CC(S(=O)Cl)CN1C1CC1. The van der Waals surface area contributed by atoms with Gasteiger partial charge in [0.1, 0.15) is 10.0 Å². The molecule has 0 aromatic heterocycles. The van der Waals surface area contributed by atoms with Crippen molar-refractivity contribution >= 4 is 26.6 Å². The minimum Gasteiger partial charge on any atom is -0.338 e. The second kappa shape index (κ2) is 3.00. The van der Waals surface area contributed by atoms with Crippen LogP contribution in [-0.4, -0.2) is 32.9 Å². The minimum atomic E-state index is -1.36. The standard InChI is InChI=1S/C7H10ClNO2S/c8-12(11)6-3-7(10)9(4-6)5-1-2-5/h5-6H,1-4H2. The fourth-order valence-corrected chi connectivity index (χ4v) is 2.47. The Bertz CT molecular complexity index is 242. The van der Waals surface area contributed by atoms with Crippen LogP contribution < -0.4 is 0 Å². The van der Waals surface area contributed by atoms with Crippen molar-refractivity contribution in [3.05, 3.63) is 0 Å². The Balaban J connectivity index is 2.01. The van der Waals surface area contributed by atoms with Crippen molar-refractivity contribution < 1.29 is 9.00 Å². The summed E-state index contributed by atoms with van der Waals surface area (Å²) in [7, 11) is 4.07. The van der Waals surface area contributed by atoms with Crippen LogP contribution in [-0.2, 0) is 14.8 Å². The number of nitrogens with zero attached hydrogens (tertiary/aromatic N) is 1. The lowest BCUT2D eigenvalue weighted by Gasteiger charge is -2.13. The van der Waals surface area contributed by atoms with Gasteiger partial charge in [0.05, 0.1) is 5.25 Å². The van der Waals surface area contributed by atoms with Crippen molar-refractivity contribution in [2.24, 2.45) is 0 Å². The van der Waals surface area contributed by atoms with E-state index in [1.54, 1.807) is 0 Å².